The van der Waals surface area contributed by atoms with Gasteiger partial charge in [-0.2, -0.15) is 0 Å². The van der Waals surface area contributed by atoms with Gasteiger partial charge in [0.15, 0.2) is 0 Å². The molecule has 2 aromatic rings. The van der Waals surface area contributed by atoms with E-state index < -0.39 is 0 Å². The Balaban J connectivity index is 1.50. The maximum atomic E-state index is 5.88. The van der Waals surface area contributed by atoms with Gasteiger partial charge in [-0.15, -0.1) is 0 Å². The lowest BCUT2D eigenvalue weighted by molar-refractivity contribution is -0.0350. The lowest BCUT2D eigenvalue weighted by atomic mass is 10.1. The van der Waals surface area contributed by atoms with E-state index in [0.29, 0.717) is 0 Å². The van der Waals surface area contributed by atoms with Crippen LogP contribution >= 0.6 is 0 Å². The van der Waals surface area contributed by atoms with Gasteiger partial charge < -0.3 is 4.74 Å². The minimum atomic E-state index is 0.251. The van der Waals surface area contributed by atoms with Crippen LogP contribution in [0.15, 0.2) is 31.0 Å². The number of morpholine rings is 1. The van der Waals surface area contributed by atoms with Crippen LogP contribution in [0.1, 0.15) is 23.5 Å². The molecule has 0 aromatic carbocycles. The summed E-state index contributed by atoms with van der Waals surface area (Å²) >= 11 is 0. The first kappa shape index (κ1) is 15.0. The van der Waals surface area contributed by atoms with Crippen molar-refractivity contribution in [3.8, 4) is 0 Å². The molecule has 0 N–H and O–H groups in total. The van der Waals surface area contributed by atoms with E-state index in [1.165, 1.54) is 0 Å². The summed E-state index contributed by atoms with van der Waals surface area (Å²) in [5, 5.41) is 0. The molecule has 0 saturated carbocycles. The van der Waals surface area contributed by atoms with Crippen molar-refractivity contribution >= 4 is 0 Å². The van der Waals surface area contributed by atoms with Gasteiger partial charge >= 0.3 is 0 Å². The quantitative estimate of drug-likeness (QED) is 0.832. The molecule has 1 atom stereocenters. The second kappa shape index (κ2) is 7.38. The van der Waals surface area contributed by atoms with Crippen LogP contribution in [-0.4, -0.2) is 50.6 Å². The fraction of sp³-hybridized carbons (Fsp3) is 0.500. The van der Waals surface area contributed by atoms with Crippen LogP contribution in [0.2, 0.25) is 0 Å². The van der Waals surface area contributed by atoms with Crippen LogP contribution in [0.25, 0.3) is 0 Å². The molecule has 6 heteroatoms. The Morgan fingerprint density at radius 2 is 2.18 bits per heavy atom. The minimum Gasteiger partial charge on any atom is -0.376 e. The summed E-state index contributed by atoms with van der Waals surface area (Å²) in [7, 11) is 0. The summed E-state index contributed by atoms with van der Waals surface area (Å²) in [4.78, 5) is 19.3. The summed E-state index contributed by atoms with van der Waals surface area (Å²) in [6, 6.07) is 2.04. The first-order valence-electron chi connectivity index (χ1n) is 7.66. The highest BCUT2D eigenvalue weighted by Gasteiger charge is 2.20. The van der Waals surface area contributed by atoms with E-state index >= 15 is 0 Å². The Kier molecular flexibility index (Phi) is 5.03. The van der Waals surface area contributed by atoms with E-state index in [9.17, 15) is 0 Å². The monoisotopic (exact) mass is 299 g/mol. The van der Waals surface area contributed by atoms with Crippen LogP contribution in [0.4, 0.5) is 0 Å². The van der Waals surface area contributed by atoms with Gasteiger partial charge in [-0.1, -0.05) is 0 Å². The molecule has 2 aromatic heterocycles. The zero-order valence-corrected chi connectivity index (χ0v) is 12.9. The lowest BCUT2D eigenvalue weighted by Crippen LogP contribution is -2.42. The van der Waals surface area contributed by atoms with Gasteiger partial charge in [0.05, 0.1) is 18.4 Å². The highest BCUT2D eigenvalue weighted by atomic mass is 16.5. The molecule has 116 valence electrons. The van der Waals surface area contributed by atoms with E-state index in [2.05, 4.69) is 24.8 Å². The van der Waals surface area contributed by atoms with Gasteiger partial charge in [-0.25, -0.2) is 9.97 Å². The standard InChI is InChI=1S/C16H21N5O/c1-13-8-14(20-12-19-13)2-3-16-11-21(6-7-22-16)10-15-9-17-4-5-18-15/h4-5,8-9,12,16H,2-3,6-7,10-11H2,1H3/t16-/m0/s1. The average molecular weight is 299 g/mol. The van der Waals surface area contributed by atoms with Crippen molar-refractivity contribution in [2.75, 3.05) is 19.7 Å². The highest BCUT2D eigenvalue weighted by molar-refractivity contribution is 5.06. The number of nitrogens with zero attached hydrogens (tertiary/aromatic N) is 5. The molecule has 0 aliphatic carbocycles. The SMILES string of the molecule is Cc1cc(CC[C@H]2CN(Cc3cnccn3)CCO2)ncn1. The molecule has 1 fully saturated rings. The van der Waals surface area contributed by atoms with E-state index in [4.69, 9.17) is 4.74 Å². The van der Waals surface area contributed by atoms with Gasteiger partial charge in [-0.3, -0.25) is 14.9 Å². The number of rotatable bonds is 5. The van der Waals surface area contributed by atoms with E-state index in [1.807, 2.05) is 19.2 Å². The van der Waals surface area contributed by atoms with Crippen LogP contribution in [-0.2, 0) is 17.7 Å². The zero-order chi connectivity index (χ0) is 15.2. The normalized spacial score (nSPS) is 19.2. The first-order chi connectivity index (χ1) is 10.8. The largest absolute Gasteiger partial charge is 0.376 e. The van der Waals surface area contributed by atoms with Gasteiger partial charge in [0.25, 0.3) is 0 Å². The van der Waals surface area contributed by atoms with E-state index in [0.717, 1.165) is 56.2 Å². The Morgan fingerprint density at radius 3 is 3.00 bits per heavy atom. The number of aryl methyl sites for hydroxylation is 2. The molecular weight excluding hydrogens is 278 g/mol. The number of aromatic nitrogens is 4. The Hall–Kier alpha value is -1.92. The number of ether oxygens (including phenoxy) is 1. The molecule has 0 bridgehead atoms. The third-order valence-electron chi connectivity index (χ3n) is 3.81. The van der Waals surface area contributed by atoms with Crippen molar-refractivity contribution in [3.63, 3.8) is 0 Å². The molecule has 0 amide bonds. The Labute approximate surface area is 130 Å². The topological polar surface area (TPSA) is 64.0 Å². The third kappa shape index (κ3) is 4.29. The van der Waals surface area contributed by atoms with Crippen molar-refractivity contribution in [2.24, 2.45) is 0 Å². The summed E-state index contributed by atoms with van der Waals surface area (Å²) in [6.07, 6.45) is 9.06. The van der Waals surface area contributed by atoms with Crippen molar-refractivity contribution in [2.45, 2.75) is 32.4 Å². The van der Waals surface area contributed by atoms with Crippen molar-refractivity contribution in [1.82, 2.24) is 24.8 Å². The Morgan fingerprint density at radius 1 is 1.23 bits per heavy atom. The zero-order valence-electron chi connectivity index (χ0n) is 12.9. The predicted molar refractivity (Wildman–Crippen MR) is 82.1 cm³/mol. The lowest BCUT2D eigenvalue weighted by Gasteiger charge is -2.32. The van der Waals surface area contributed by atoms with Crippen molar-refractivity contribution in [1.29, 1.82) is 0 Å². The summed E-state index contributed by atoms with van der Waals surface area (Å²) in [5.74, 6) is 0. The fourth-order valence-electron chi connectivity index (χ4n) is 2.69. The van der Waals surface area contributed by atoms with Gasteiger partial charge in [0, 0.05) is 49.6 Å². The molecule has 0 radical (unpaired) electrons. The molecule has 6 nitrogen and oxygen atoms in total. The molecule has 1 aliphatic rings. The molecule has 3 heterocycles. The second-order valence-electron chi connectivity index (χ2n) is 5.61. The van der Waals surface area contributed by atoms with Gasteiger partial charge in [0.2, 0.25) is 0 Å². The van der Waals surface area contributed by atoms with Crippen LogP contribution in [0.5, 0.6) is 0 Å². The van der Waals surface area contributed by atoms with Crippen LogP contribution < -0.4 is 0 Å². The van der Waals surface area contributed by atoms with E-state index in [1.54, 1.807) is 18.7 Å². The Bertz CT molecular complexity index is 592. The molecule has 1 aliphatic heterocycles. The maximum absolute atomic E-state index is 5.88. The summed E-state index contributed by atoms with van der Waals surface area (Å²) in [5.41, 5.74) is 3.11. The van der Waals surface area contributed by atoms with Crippen LogP contribution in [0, 0.1) is 6.92 Å². The van der Waals surface area contributed by atoms with E-state index in [-0.39, 0.29) is 6.10 Å². The average Bonchev–Trinajstić information content (AvgIpc) is 2.54. The maximum Gasteiger partial charge on any atom is 0.115 e. The molecule has 1 saturated heterocycles. The molecule has 22 heavy (non-hydrogen) atoms. The smallest absolute Gasteiger partial charge is 0.115 e. The number of hydrogen-bond acceptors (Lipinski definition) is 6. The molecule has 0 spiro atoms. The number of hydrogen-bond donors (Lipinski definition) is 0. The summed E-state index contributed by atoms with van der Waals surface area (Å²) < 4.78 is 5.88. The van der Waals surface area contributed by atoms with Crippen molar-refractivity contribution in [3.05, 3.63) is 48.1 Å². The third-order valence-corrected chi connectivity index (χ3v) is 3.81. The second-order valence-corrected chi connectivity index (χ2v) is 5.61. The predicted octanol–water partition coefficient (Wildman–Crippen LogP) is 1.41. The van der Waals surface area contributed by atoms with Crippen molar-refractivity contribution < 1.29 is 4.74 Å². The molecule has 0 unspecified atom stereocenters. The minimum absolute atomic E-state index is 0.251. The molecule has 3 rings (SSSR count). The first-order valence-corrected chi connectivity index (χ1v) is 7.66. The molecular formula is C16H21N5O. The van der Waals surface area contributed by atoms with Gasteiger partial charge in [0.1, 0.15) is 6.33 Å². The van der Waals surface area contributed by atoms with Crippen LogP contribution in [0.3, 0.4) is 0 Å². The highest BCUT2D eigenvalue weighted by Crippen LogP contribution is 2.13. The summed E-state index contributed by atoms with van der Waals surface area (Å²) in [6.45, 7) is 5.47. The van der Waals surface area contributed by atoms with Gasteiger partial charge in [-0.05, 0) is 25.8 Å². The fourth-order valence-corrected chi connectivity index (χ4v) is 2.69.